The normalized spacial score (nSPS) is 12.8. The van der Waals surface area contributed by atoms with Crippen LogP contribution in [0.25, 0.3) is 0 Å². The monoisotopic (exact) mass is 647 g/mol. The van der Waals surface area contributed by atoms with E-state index in [0.29, 0.717) is 18.3 Å². The molecule has 0 bridgehead atoms. The number of nitrogens with one attached hydrogen (secondary N) is 2. The van der Waals surface area contributed by atoms with E-state index >= 15 is 0 Å². The molecule has 5 aromatic rings. The van der Waals surface area contributed by atoms with E-state index in [2.05, 4.69) is 102 Å². The van der Waals surface area contributed by atoms with Gasteiger partial charge < -0.3 is 20.1 Å². The average Bonchev–Trinajstić information content (AvgIpc) is 3.64. The molecular weight excluding hydrogens is 603 g/mol. The zero-order valence-corrected chi connectivity index (χ0v) is 28.5. The van der Waals surface area contributed by atoms with E-state index in [1.54, 1.807) is 0 Å². The molecule has 1 aliphatic rings. The smallest absolute Gasteiger partial charge is 0.175 e. The standard InChI is InChI=1S/C23H24P.C17H20N2O2S/c1-4-12-20(13-5-1)24(23-18-10-11-19-23,21-14-6-2-7-15-21)22-16-8-3-9-17-22;1-3-20-15-9-5-13(6-10-15)18-17(22)19-14-7-11-16(12-8-14)21-4-2/h1-9,12-17,23H,10-11,18-19H2;5-12H,3-4H2,1-2H3,(H2,18,19,22)/q+1;. The fraction of sp³-hybridized carbons (Fsp3) is 0.225. The molecule has 4 nitrogen and oxygen atoms in total. The number of ether oxygens (including phenoxy) is 2. The van der Waals surface area contributed by atoms with Gasteiger partial charge in [0.25, 0.3) is 0 Å². The van der Waals surface area contributed by atoms with Crippen LogP contribution in [-0.2, 0) is 0 Å². The number of benzene rings is 5. The number of rotatable bonds is 10. The molecule has 0 unspecified atom stereocenters. The molecule has 0 aliphatic heterocycles. The molecule has 0 aromatic heterocycles. The molecule has 1 saturated carbocycles. The Balaban J connectivity index is 0.000000182. The highest BCUT2D eigenvalue weighted by atomic mass is 32.1. The van der Waals surface area contributed by atoms with Crippen molar-refractivity contribution in [2.75, 3.05) is 23.8 Å². The van der Waals surface area contributed by atoms with Crippen molar-refractivity contribution in [2.45, 2.75) is 45.2 Å². The second-order valence-corrected chi connectivity index (χ2v) is 15.3. The highest BCUT2D eigenvalue weighted by Crippen LogP contribution is 2.63. The van der Waals surface area contributed by atoms with Gasteiger partial charge in [-0.05, 0) is 137 Å². The van der Waals surface area contributed by atoms with E-state index in [1.807, 2.05) is 62.4 Å². The van der Waals surface area contributed by atoms with Crippen molar-refractivity contribution in [3.63, 3.8) is 0 Å². The summed E-state index contributed by atoms with van der Waals surface area (Å²) in [5.74, 6) is 1.69. The maximum atomic E-state index is 5.40. The topological polar surface area (TPSA) is 42.5 Å². The maximum absolute atomic E-state index is 5.40. The molecule has 6 rings (SSSR count). The van der Waals surface area contributed by atoms with Crippen LogP contribution >= 0.6 is 19.5 Å². The van der Waals surface area contributed by atoms with Crippen molar-refractivity contribution < 1.29 is 9.47 Å². The largest absolute Gasteiger partial charge is 0.494 e. The van der Waals surface area contributed by atoms with Gasteiger partial charge in [-0.25, -0.2) is 0 Å². The van der Waals surface area contributed by atoms with E-state index < -0.39 is 7.26 Å². The van der Waals surface area contributed by atoms with Gasteiger partial charge >= 0.3 is 0 Å². The van der Waals surface area contributed by atoms with Gasteiger partial charge in [0.05, 0.1) is 18.9 Å². The van der Waals surface area contributed by atoms with Crippen molar-refractivity contribution in [3.05, 3.63) is 140 Å². The van der Waals surface area contributed by atoms with Crippen LogP contribution < -0.4 is 36.0 Å². The Labute approximate surface area is 280 Å². The zero-order valence-electron chi connectivity index (χ0n) is 26.8. The lowest BCUT2D eigenvalue weighted by molar-refractivity contribution is 0.340. The summed E-state index contributed by atoms with van der Waals surface area (Å²) in [7, 11) is -1.60. The Morgan fingerprint density at radius 2 is 0.913 bits per heavy atom. The Bertz CT molecular complexity index is 1460. The first-order chi connectivity index (χ1) is 22.6. The number of hydrogen-bond acceptors (Lipinski definition) is 3. The van der Waals surface area contributed by atoms with E-state index in [1.165, 1.54) is 41.6 Å². The molecule has 1 fully saturated rings. The van der Waals surface area contributed by atoms with E-state index in [4.69, 9.17) is 21.7 Å². The van der Waals surface area contributed by atoms with Crippen LogP contribution in [0.3, 0.4) is 0 Å². The third-order valence-corrected chi connectivity index (χ3v) is 13.4. The zero-order chi connectivity index (χ0) is 32.0. The molecule has 6 heteroatoms. The minimum atomic E-state index is -1.60. The highest BCUT2D eigenvalue weighted by molar-refractivity contribution is 7.96. The Morgan fingerprint density at radius 3 is 1.24 bits per heavy atom. The van der Waals surface area contributed by atoms with Crippen LogP contribution in [0, 0.1) is 0 Å². The molecule has 236 valence electrons. The Kier molecular flexibility index (Phi) is 12.2. The van der Waals surface area contributed by atoms with Crippen molar-refractivity contribution in [2.24, 2.45) is 0 Å². The van der Waals surface area contributed by atoms with E-state index in [0.717, 1.165) is 28.5 Å². The maximum Gasteiger partial charge on any atom is 0.175 e. The summed E-state index contributed by atoms with van der Waals surface area (Å²) in [6.45, 7) is 5.24. The number of anilines is 2. The molecule has 0 radical (unpaired) electrons. The molecular formula is C40H44N2O2PS+. The summed E-state index contributed by atoms with van der Waals surface area (Å²) in [6.07, 6.45) is 5.46. The lowest BCUT2D eigenvalue weighted by Crippen LogP contribution is -2.37. The van der Waals surface area contributed by atoms with Crippen LogP contribution in [0.2, 0.25) is 0 Å². The molecule has 0 heterocycles. The first-order valence-corrected chi connectivity index (χ1v) is 18.5. The minimum Gasteiger partial charge on any atom is -0.494 e. The van der Waals surface area contributed by atoms with Crippen LogP contribution in [0.4, 0.5) is 11.4 Å². The average molecular weight is 648 g/mol. The fourth-order valence-electron chi connectivity index (χ4n) is 6.26. The molecule has 0 atom stereocenters. The van der Waals surface area contributed by atoms with Gasteiger partial charge in [0, 0.05) is 11.4 Å². The van der Waals surface area contributed by atoms with E-state index in [9.17, 15) is 0 Å². The number of hydrogen-bond donors (Lipinski definition) is 2. The van der Waals surface area contributed by atoms with Gasteiger partial charge in [-0.2, -0.15) is 0 Å². The van der Waals surface area contributed by atoms with Gasteiger partial charge in [0.2, 0.25) is 0 Å². The van der Waals surface area contributed by atoms with Crippen molar-refractivity contribution >= 4 is 51.9 Å². The van der Waals surface area contributed by atoms with E-state index in [-0.39, 0.29) is 0 Å². The molecule has 46 heavy (non-hydrogen) atoms. The SMILES string of the molecule is CCOc1ccc(NC(=S)Nc2ccc(OCC)cc2)cc1.c1ccc([P+](c2ccccc2)(c2ccccc2)C2CCCC2)cc1. The van der Waals surface area contributed by atoms with Gasteiger partial charge in [0.15, 0.2) is 5.11 Å². The summed E-state index contributed by atoms with van der Waals surface area (Å²) in [5.41, 5.74) is 2.59. The van der Waals surface area contributed by atoms with Crippen LogP contribution in [0.1, 0.15) is 39.5 Å². The molecule has 1 aliphatic carbocycles. The van der Waals surface area contributed by atoms with Gasteiger partial charge in [0.1, 0.15) is 34.7 Å². The highest BCUT2D eigenvalue weighted by Gasteiger charge is 2.52. The van der Waals surface area contributed by atoms with Crippen LogP contribution in [-0.4, -0.2) is 24.0 Å². The predicted octanol–water partition coefficient (Wildman–Crippen LogP) is 9.22. The third kappa shape index (κ3) is 8.34. The first kappa shape index (κ1) is 33.2. The lowest BCUT2D eigenvalue weighted by Gasteiger charge is -2.32. The van der Waals surface area contributed by atoms with Crippen molar-refractivity contribution in [1.29, 1.82) is 0 Å². The summed E-state index contributed by atoms with van der Waals surface area (Å²) in [6, 6.07) is 49.3. The van der Waals surface area contributed by atoms with Gasteiger partial charge in [-0.3, -0.25) is 0 Å². The Hall–Kier alpha value is -4.18. The third-order valence-electron chi connectivity index (χ3n) is 8.21. The summed E-state index contributed by atoms with van der Waals surface area (Å²) >= 11 is 5.30. The number of thiocarbonyl (C=S) groups is 1. The molecule has 0 amide bonds. The molecule has 0 spiro atoms. The molecule has 5 aromatic carbocycles. The second kappa shape index (κ2) is 16.9. The summed E-state index contributed by atoms with van der Waals surface area (Å²) in [5, 5.41) is 11.4. The van der Waals surface area contributed by atoms with Crippen molar-refractivity contribution in [1.82, 2.24) is 0 Å². The van der Waals surface area contributed by atoms with Gasteiger partial charge in [-0.15, -0.1) is 0 Å². The summed E-state index contributed by atoms with van der Waals surface area (Å²) in [4.78, 5) is 0. The minimum absolute atomic E-state index is 0.535. The first-order valence-electron chi connectivity index (χ1n) is 16.2. The van der Waals surface area contributed by atoms with Crippen LogP contribution in [0.5, 0.6) is 11.5 Å². The lowest BCUT2D eigenvalue weighted by atomic mass is 10.3. The predicted molar refractivity (Wildman–Crippen MR) is 202 cm³/mol. The van der Waals surface area contributed by atoms with Crippen molar-refractivity contribution in [3.8, 4) is 11.5 Å². The molecule has 2 N–H and O–H groups in total. The molecule has 0 saturated heterocycles. The Morgan fingerprint density at radius 1 is 0.565 bits per heavy atom. The van der Waals surface area contributed by atoms with Crippen LogP contribution in [0.15, 0.2) is 140 Å². The quantitative estimate of drug-likeness (QED) is 0.117. The summed E-state index contributed by atoms with van der Waals surface area (Å²) < 4.78 is 10.8. The fourth-order valence-corrected chi connectivity index (χ4v) is 11.7. The van der Waals surface area contributed by atoms with Gasteiger partial charge in [-0.1, -0.05) is 54.6 Å². The second-order valence-electron chi connectivity index (χ2n) is 11.2.